The van der Waals surface area contributed by atoms with Gasteiger partial charge >= 0.3 is 6.03 Å². The summed E-state index contributed by atoms with van der Waals surface area (Å²) in [7, 11) is 0. The Balaban J connectivity index is 1.57. The molecule has 1 aliphatic rings. The minimum atomic E-state index is -0.383. The van der Waals surface area contributed by atoms with Gasteiger partial charge in [0.15, 0.2) is 17.1 Å². The quantitative estimate of drug-likeness (QED) is 0.700. The number of urea groups is 1. The smallest absolute Gasteiger partial charge is 0.323 e. The highest BCUT2D eigenvalue weighted by atomic mass is 79.9. The SMILES string of the molecule is O=C(Nc1ccc2c(c1)OCO2)Nc1c(Br)cnc2ncccc12. The molecule has 3 heterocycles. The minimum Gasteiger partial charge on any atom is -0.454 e. The molecule has 3 aromatic rings. The minimum absolute atomic E-state index is 0.188. The highest BCUT2D eigenvalue weighted by molar-refractivity contribution is 9.10. The van der Waals surface area contributed by atoms with Crippen molar-refractivity contribution in [3.8, 4) is 11.5 Å². The van der Waals surface area contributed by atoms with E-state index in [1.54, 1.807) is 36.7 Å². The molecule has 2 amide bonds. The highest BCUT2D eigenvalue weighted by Crippen LogP contribution is 2.34. The van der Waals surface area contributed by atoms with E-state index in [9.17, 15) is 4.79 Å². The molecule has 2 aromatic heterocycles. The predicted molar refractivity (Wildman–Crippen MR) is 92.4 cm³/mol. The first-order valence-corrected chi connectivity index (χ1v) is 7.87. The zero-order chi connectivity index (χ0) is 16.5. The molecule has 8 heteroatoms. The maximum Gasteiger partial charge on any atom is 0.323 e. The molecular weight excluding hydrogens is 376 g/mol. The Labute approximate surface area is 145 Å². The summed E-state index contributed by atoms with van der Waals surface area (Å²) < 4.78 is 11.2. The first-order chi connectivity index (χ1) is 11.7. The fourth-order valence-electron chi connectivity index (χ4n) is 2.38. The summed E-state index contributed by atoms with van der Waals surface area (Å²) in [6.45, 7) is 0.188. The van der Waals surface area contributed by atoms with Gasteiger partial charge in [-0.05, 0) is 40.2 Å². The molecular formula is C16H11BrN4O3. The van der Waals surface area contributed by atoms with Gasteiger partial charge in [0.1, 0.15) is 0 Å². The van der Waals surface area contributed by atoms with E-state index in [0.29, 0.717) is 33.0 Å². The molecule has 120 valence electrons. The van der Waals surface area contributed by atoms with E-state index in [0.717, 1.165) is 5.39 Å². The highest BCUT2D eigenvalue weighted by Gasteiger charge is 2.15. The average Bonchev–Trinajstić information content (AvgIpc) is 3.05. The molecule has 4 rings (SSSR count). The van der Waals surface area contributed by atoms with Crippen molar-refractivity contribution in [1.82, 2.24) is 9.97 Å². The van der Waals surface area contributed by atoms with Crippen LogP contribution in [-0.4, -0.2) is 22.8 Å². The number of fused-ring (bicyclic) bond motifs is 2. The van der Waals surface area contributed by atoms with Gasteiger partial charge in [-0.25, -0.2) is 14.8 Å². The fraction of sp³-hybridized carbons (Fsp3) is 0.0625. The summed E-state index contributed by atoms with van der Waals surface area (Å²) in [6.07, 6.45) is 3.26. The molecule has 0 saturated heterocycles. The number of halogens is 1. The van der Waals surface area contributed by atoms with Gasteiger partial charge < -0.3 is 20.1 Å². The average molecular weight is 387 g/mol. The van der Waals surface area contributed by atoms with Crippen LogP contribution in [0.2, 0.25) is 0 Å². The third-order valence-electron chi connectivity index (χ3n) is 3.46. The van der Waals surface area contributed by atoms with Crippen LogP contribution >= 0.6 is 15.9 Å². The Kier molecular flexibility index (Phi) is 3.66. The predicted octanol–water partition coefficient (Wildman–Crippen LogP) is 3.77. The van der Waals surface area contributed by atoms with Crippen molar-refractivity contribution >= 4 is 44.4 Å². The van der Waals surface area contributed by atoms with Crippen molar-refractivity contribution in [3.05, 3.63) is 47.2 Å². The number of hydrogen-bond acceptors (Lipinski definition) is 5. The lowest BCUT2D eigenvalue weighted by Crippen LogP contribution is -2.20. The van der Waals surface area contributed by atoms with Gasteiger partial charge in [-0.1, -0.05) is 0 Å². The summed E-state index contributed by atoms with van der Waals surface area (Å²) in [4.78, 5) is 20.7. The van der Waals surface area contributed by atoms with E-state index in [4.69, 9.17) is 9.47 Å². The molecule has 1 aliphatic heterocycles. The van der Waals surface area contributed by atoms with Crippen molar-refractivity contribution in [1.29, 1.82) is 0 Å². The summed E-state index contributed by atoms with van der Waals surface area (Å²) in [5, 5.41) is 6.33. The van der Waals surface area contributed by atoms with E-state index in [2.05, 4.69) is 36.5 Å². The number of amides is 2. The summed E-state index contributed by atoms with van der Waals surface area (Å²) in [5.74, 6) is 1.27. The Morgan fingerprint density at radius 3 is 2.92 bits per heavy atom. The second-order valence-corrected chi connectivity index (χ2v) is 5.86. The molecule has 0 bridgehead atoms. The molecule has 0 atom stereocenters. The van der Waals surface area contributed by atoms with Gasteiger partial charge in [0, 0.05) is 29.5 Å². The number of nitrogens with one attached hydrogen (secondary N) is 2. The number of rotatable bonds is 2. The van der Waals surface area contributed by atoms with Crippen LogP contribution < -0.4 is 20.1 Å². The van der Waals surface area contributed by atoms with Crippen LogP contribution in [0.25, 0.3) is 11.0 Å². The number of anilines is 2. The number of carbonyl (C=O) groups is 1. The number of nitrogens with zero attached hydrogens (tertiary/aromatic N) is 2. The van der Waals surface area contributed by atoms with Gasteiger partial charge in [-0.2, -0.15) is 0 Å². The van der Waals surface area contributed by atoms with Gasteiger partial charge in [-0.3, -0.25) is 0 Å². The first kappa shape index (κ1) is 14.7. The summed E-state index contributed by atoms with van der Waals surface area (Å²) >= 11 is 3.40. The summed E-state index contributed by atoms with van der Waals surface area (Å²) in [5.41, 5.74) is 1.76. The fourth-order valence-corrected chi connectivity index (χ4v) is 2.80. The molecule has 7 nitrogen and oxygen atoms in total. The van der Waals surface area contributed by atoms with E-state index < -0.39 is 0 Å². The van der Waals surface area contributed by atoms with Crippen molar-refractivity contribution in [2.75, 3.05) is 17.4 Å². The van der Waals surface area contributed by atoms with E-state index in [-0.39, 0.29) is 12.8 Å². The van der Waals surface area contributed by atoms with Crippen LogP contribution in [-0.2, 0) is 0 Å². The maximum absolute atomic E-state index is 12.3. The number of pyridine rings is 2. The molecule has 0 aliphatic carbocycles. The standard InChI is InChI=1S/C16H11BrN4O3/c17-11-7-19-15-10(2-1-5-18-15)14(11)21-16(22)20-9-3-4-12-13(6-9)24-8-23-12/h1-7H,8H2,(H2,18,19,20,21,22). The number of benzene rings is 1. The molecule has 0 saturated carbocycles. The van der Waals surface area contributed by atoms with E-state index in [1.165, 1.54) is 0 Å². The van der Waals surface area contributed by atoms with Crippen molar-refractivity contribution in [3.63, 3.8) is 0 Å². The zero-order valence-corrected chi connectivity index (χ0v) is 13.8. The molecule has 0 spiro atoms. The van der Waals surface area contributed by atoms with Crippen LogP contribution in [0.15, 0.2) is 47.2 Å². The van der Waals surface area contributed by atoms with E-state index >= 15 is 0 Å². The molecule has 2 N–H and O–H groups in total. The number of ether oxygens (including phenoxy) is 2. The zero-order valence-electron chi connectivity index (χ0n) is 12.2. The Hall–Kier alpha value is -2.87. The lowest BCUT2D eigenvalue weighted by molar-refractivity contribution is 0.174. The summed E-state index contributed by atoms with van der Waals surface area (Å²) in [6, 6.07) is 8.45. The van der Waals surface area contributed by atoms with Crippen LogP contribution in [0.5, 0.6) is 11.5 Å². The molecule has 0 fully saturated rings. The lowest BCUT2D eigenvalue weighted by atomic mass is 10.2. The van der Waals surface area contributed by atoms with Gasteiger partial charge in [0.2, 0.25) is 6.79 Å². The van der Waals surface area contributed by atoms with Gasteiger partial charge in [0.05, 0.1) is 10.2 Å². The van der Waals surface area contributed by atoms with Crippen molar-refractivity contribution in [2.45, 2.75) is 0 Å². The second kappa shape index (κ2) is 5.97. The topological polar surface area (TPSA) is 85.4 Å². The Morgan fingerprint density at radius 2 is 2.00 bits per heavy atom. The van der Waals surface area contributed by atoms with Crippen molar-refractivity contribution < 1.29 is 14.3 Å². The van der Waals surface area contributed by atoms with Crippen LogP contribution in [0.1, 0.15) is 0 Å². The van der Waals surface area contributed by atoms with E-state index in [1.807, 2.05) is 6.07 Å². The molecule has 0 radical (unpaired) electrons. The first-order valence-electron chi connectivity index (χ1n) is 7.07. The Bertz CT molecular complexity index is 948. The second-order valence-electron chi connectivity index (χ2n) is 5.00. The van der Waals surface area contributed by atoms with Crippen LogP contribution in [0, 0.1) is 0 Å². The monoisotopic (exact) mass is 386 g/mol. The molecule has 0 unspecified atom stereocenters. The number of carbonyl (C=O) groups excluding carboxylic acids is 1. The third-order valence-corrected chi connectivity index (χ3v) is 4.07. The molecule has 1 aromatic carbocycles. The van der Waals surface area contributed by atoms with Crippen molar-refractivity contribution in [2.24, 2.45) is 0 Å². The van der Waals surface area contributed by atoms with Gasteiger partial charge in [0.25, 0.3) is 0 Å². The number of hydrogen-bond donors (Lipinski definition) is 2. The Morgan fingerprint density at radius 1 is 1.12 bits per heavy atom. The van der Waals surface area contributed by atoms with Gasteiger partial charge in [-0.15, -0.1) is 0 Å². The van der Waals surface area contributed by atoms with Crippen LogP contribution in [0.4, 0.5) is 16.2 Å². The largest absolute Gasteiger partial charge is 0.454 e. The van der Waals surface area contributed by atoms with Crippen LogP contribution in [0.3, 0.4) is 0 Å². The normalized spacial score (nSPS) is 12.2. The lowest BCUT2D eigenvalue weighted by Gasteiger charge is -2.11. The third kappa shape index (κ3) is 2.71. The number of aromatic nitrogens is 2. The molecule has 24 heavy (non-hydrogen) atoms. The maximum atomic E-state index is 12.3.